The summed E-state index contributed by atoms with van der Waals surface area (Å²) in [7, 11) is 0. The molecule has 0 saturated heterocycles. The van der Waals surface area contributed by atoms with Crippen LogP contribution in [0.15, 0.2) is 48.5 Å². The van der Waals surface area contributed by atoms with Crippen molar-refractivity contribution in [2.45, 2.75) is 39.8 Å². The van der Waals surface area contributed by atoms with E-state index in [1.807, 2.05) is 44.2 Å². The summed E-state index contributed by atoms with van der Waals surface area (Å²) in [6.07, 6.45) is 0.903. The van der Waals surface area contributed by atoms with E-state index >= 15 is 0 Å². The fourth-order valence-electron chi connectivity index (χ4n) is 2.85. The predicted octanol–water partition coefficient (Wildman–Crippen LogP) is 3.93. The summed E-state index contributed by atoms with van der Waals surface area (Å²) in [4.78, 5) is 25.9. The molecule has 26 heavy (non-hydrogen) atoms. The van der Waals surface area contributed by atoms with Gasteiger partial charge < -0.3 is 10.4 Å². The van der Waals surface area contributed by atoms with Gasteiger partial charge >= 0.3 is 5.97 Å². The average Bonchev–Trinajstić information content (AvgIpc) is 2.63. The van der Waals surface area contributed by atoms with E-state index in [4.69, 9.17) is 5.11 Å². The lowest BCUT2D eigenvalue weighted by atomic mass is 10.1. The zero-order chi connectivity index (χ0) is 19.1. The topological polar surface area (TPSA) is 69.6 Å². The number of amides is 1. The van der Waals surface area contributed by atoms with Gasteiger partial charge in [0.05, 0.1) is 11.6 Å². The van der Waals surface area contributed by atoms with Crippen molar-refractivity contribution < 1.29 is 14.7 Å². The Morgan fingerprint density at radius 1 is 1.15 bits per heavy atom. The number of carboxylic acids is 1. The quantitative estimate of drug-likeness (QED) is 0.753. The van der Waals surface area contributed by atoms with Crippen LogP contribution >= 0.6 is 0 Å². The Bertz CT molecular complexity index is 773. The molecule has 5 nitrogen and oxygen atoms in total. The molecule has 0 aliphatic heterocycles. The second-order valence-electron chi connectivity index (χ2n) is 6.46. The first-order valence-corrected chi connectivity index (χ1v) is 8.85. The predicted molar refractivity (Wildman–Crippen MR) is 103 cm³/mol. The molecule has 0 fully saturated rings. The van der Waals surface area contributed by atoms with Crippen LogP contribution in [0.5, 0.6) is 0 Å². The molecule has 2 aromatic carbocycles. The van der Waals surface area contributed by atoms with Crippen LogP contribution in [0.1, 0.15) is 41.8 Å². The molecule has 0 spiro atoms. The molecule has 0 saturated carbocycles. The molecule has 0 aliphatic rings. The van der Waals surface area contributed by atoms with Crippen molar-refractivity contribution in [3.63, 3.8) is 0 Å². The van der Waals surface area contributed by atoms with Crippen LogP contribution in [0.3, 0.4) is 0 Å². The Morgan fingerprint density at radius 2 is 1.88 bits per heavy atom. The van der Waals surface area contributed by atoms with Gasteiger partial charge in [0.2, 0.25) is 5.91 Å². The Kier molecular flexibility index (Phi) is 6.92. The number of benzene rings is 2. The highest BCUT2D eigenvalue weighted by atomic mass is 16.4. The minimum absolute atomic E-state index is 0.0675. The van der Waals surface area contributed by atoms with E-state index in [9.17, 15) is 9.59 Å². The first kappa shape index (κ1) is 19.7. The standard InChI is InChI=1S/C21H26N2O3/c1-4-12-23(14-17-9-7-10-18(13-17)21(25)26)16(3)20(24)22-19-11-6-5-8-15(19)2/h5-11,13,16H,4,12,14H2,1-3H3,(H,22,24)(H,25,26). The van der Waals surface area contributed by atoms with Crippen LogP contribution in [0, 0.1) is 6.92 Å². The largest absolute Gasteiger partial charge is 0.478 e. The fourth-order valence-corrected chi connectivity index (χ4v) is 2.85. The number of aryl methyl sites for hydroxylation is 1. The lowest BCUT2D eigenvalue weighted by Crippen LogP contribution is -2.42. The summed E-state index contributed by atoms with van der Waals surface area (Å²) in [5.74, 6) is -1.01. The molecule has 0 aliphatic carbocycles. The van der Waals surface area contributed by atoms with Gasteiger partial charge in [0.15, 0.2) is 0 Å². The van der Waals surface area contributed by atoms with Gasteiger partial charge in [-0.15, -0.1) is 0 Å². The van der Waals surface area contributed by atoms with Crippen molar-refractivity contribution in [2.75, 3.05) is 11.9 Å². The normalized spacial score (nSPS) is 12.0. The minimum Gasteiger partial charge on any atom is -0.478 e. The van der Waals surface area contributed by atoms with Gasteiger partial charge in [0, 0.05) is 12.2 Å². The van der Waals surface area contributed by atoms with Crippen molar-refractivity contribution in [1.82, 2.24) is 4.90 Å². The summed E-state index contributed by atoms with van der Waals surface area (Å²) in [5.41, 5.74) is 2.97. The number of hydrogen-bond donors (Lipinski definition) is 2. The highest BCUT2D eigenvalue weighted by Crippen LogP contribution is 2.16. The number of nitrogens with one attached hydrogen (secondary N) is 1. The fraction of sp³-hybridized carbons (Fsp3) is 0.333. The summed E-state index contributed by atoms with van der Waals surface area (Å²) in [6, 6.07) is 14.2. The van der Waals surface area contributed by atoms with Crippen LogP contribution in [-0.4, -0.2) is 34.5 Å². The van der Waals surface area contributed by atoms with Gasteiger partial charge in [-0.2, -0.15) is 0 Å². The van der Waals surface area contributed by atoms with Crippen LogP contribution in [-0.2, 0) is 11.3 Å². The Morgan fingerprint density at radius 3 is 2.54 bits per heavy atom. The number of aromatic carboxylic acids is 1. The monoisotopic (exact) mass is 354 g/mol. The minimum atomic E-state index is -0.945. The number of anilines is 1. The molecule has 1 atom stereocenters. The number of rotatable bonds is 8. The molecule has 138 valence electrons. The molecule has 0 heterocycles. The van der Waals surface area contributed by atoms with E-state index in [1.54, 1.807) is 18.2 Å². The molecule has 0 aromatic heterocycles. The number of para-hydroxylation sites is 1. The maximum atomic E-state index is 12.7. The zero-order valence-electron chi connectivity index (χ0n) is 15.5. The van der Waals surface area contributed by atoms with Crippen molar-refractivity contribution in [3.8, 4) is 0 Å². The molecule has 5 heteroatoms. The Labute approximate surface area is 154 Å². The highest BCUT2D eigenvalue weighted by Gasteiger charge is 2.21. The van der Waals surface area contributed by atoms with Crippen molar-refractivity contribution >= 4 is 17.6 Å². The summed E-state index contributed by atoms with van der Waals surface area (Å²) >= 11 is 0. The van der Waals surface area contributed by atoms with E-state index in [2.05, 4.69) is 17.1 Å². The van der Waals surface area contributed by atoms with Crippen molar-refractivity contribution in [3.05, 3.63) is 65.2 Å². The molecule has 1 unspecified atom stereocenters. The van der Waals surface area contributed by atoms with Gasteiger partial charge in [-0.1, -0.05) is 37.3 Å². The van der Waals surface area contributed by atoms with Gasteiger partial charge in [0.25, 0.3) is 0 Å². The SMILES string of the molecule is CCCN(Cc1cccc(C(=O)O)c1)C(C)C(=O)Nc1ccccc1C. The second kappa shape index (κ2) is 9.15. The van der Waals surface area contributed by atoms with Crippen LogP contribution < -0.4 is 5.32 Å². The van der Waals surface area contributed by atoms with Crippen LogP contribution in [0.2, 0.25) is 0 Å². The third kappa shape index (κ3) is 5.17. The summed E-state index contributed by atoms with van der Waals surface area (Å²) < 4.78 is 0. The van der Waals surface area contributed by atoms with Crippen molar-refractivity contribution in [1.29, 1.82) is 0 Å². The van der Waals surface area contributed by atoms with Gasteiger partial charge in [-0.05, 0) is 56.1 Å². The third-order valence-electron chi connectivity index (χ3n) is 4.40. The maximum absolute atomic E-state index is 12.7. The van der Waals surface area contributed by atoms with Crippen molar-refractivity contribution in [2.24, 2.45) is 0 Å². The smallest absolute Gasteiger partial charge is 0.335 e. The first-order chi connectivity index (χ1) is 12.4. The van der Waals surface area contributed by atoms with E-state index in [1.165, 1.54) is 0 Å². The third-order valence-corrected chi connectivity index (χ3v) is 4.40. The lowest BCUT2D eigenvalue weighted by molar-refractivity contribution is -0.121. The van der Waals surface area contributed by atoms with Gasteiger partial charge in [-0.3, -0.25) is 9.69 Å². The highest BCUT2D eigenvalue weighted by molar-refractivity contribution is 5.95. The number of nitrogens with zero attached hydrogens (tertiary/aromatic N) is 1. The number of carbonyl (C=O) groups is 2. The average molecular weight is 354 g/mol. The number of carboxylic acid groups (broad SMARTS) is 1. The van der Waals surface area contributed by atoms with E-state index in [-0.39, 0.29) is 17.5 Å². The first-order valence-electron chi connectivity index (χ1n) is 8.85. The van der Waals surface area contributed by atoms with Crippen LogP contribution in [0.4, 0.5) is 5.69 Å². The molecular weight excluding hydrogens is 328 g/mol. The molecule has 2 N–H and O–H groups in total. The van der Waals surface area contributed by atoms with Gasteiger partial charge in [-0.25, -0.2) is 4.79 Å². The summed E-state index contributed by atoms with van der Waals surface area (Å²) in [6.45, 7) is 7.18. The molecule has 2 aromatic rings. The van der Waals surface area contributed by atoms with E-state index < -0.39 is 5.97 Å². The molecule has 1 amide bonds. The Balaban J connectivity index is 2.12. The zero-order valence-corrected chi connectivity index (χ0v) is 15.5. The Hall–Kier alpha value is -2.66. The summed E-state index contributed by atoms with van der Waals surface area (Å²) in [5, 5.41) is 12.1. The number of carbonyl (C=O) groups excluding carboxylic acids is 1. The molecule has 0 bridgehead atoms. The maximum Gasteiger partial charge on any atom is 0.335 e. The van der Waals surface area contributed by atoms with E-state index in [0.717, 1.165) is 29.8 Å². The lowest BCUT2D eigenvalue weighted by Gasteiger charge is -2.28. The second-order valence-corrected chi connectivity index (χ2v) is 6.46. The van der Waals surface area contributed by atoms with E-state index in [0.29, 0.717) is 6.54 Å². The van der Waals surface area contributed by atoms with Gasteiger partial charge in [0.1, 0.15) is 0 Å². The molecule has 0 radical (unpaired) electrons. The molecular formula is C21H26N2O3. The number of hydrogen-bond acceptors (Lipinski definition) is 3. The van der Waals surface area contributed by atoms with Crippen LogP contribution in [0.25, 0.3) is 0 Å². The molecule has 2 rings (SSSR count).